The molecule has 0 aliphatic carbocycles. The summed E-state index contributed by atoms with van der Waals surface area (Å²) in [7, 11) is 0. The molecular weight excluding hydrogens is 1280 g/mol. The lowest BCUT2D eigenvalue weighted by Gasteiger charge is -2.12. The van der Waals surface area contributed by atoms with Crippen LogP contribution < -0.4 is 0 Å². The van der Waals surface area contributed by atoms with Gasteiger partial charge in [-0.1, -0.05) is 237 Å². The lowest BCUT2D eigenvalue weighted by atomic mass is 10.0. The van der Waals surface area contributed by atoms with Crippen LogP contribution in [0.1, 0.15) is 7.43 Å². The van der Waals surface area contributed by atoms with Gasteiger partial charge in [-0.25, -0.2) is 19.9 Å². The summed E-state index contributed by atoms with van der Waals surface area (Å²) in [5, 5.41) is 17.2. The number of aromatic amines is 1. The number of fused-ring (bicyclic) bond motifs is 22. The number of aromatic nitrogens is 6. The van der Waals surface area contributed by atoms with E-state index in [-0.39, 0.29) is 7.43 Å². The van der Waals surface area contributed by atoms with Crippen LogP contribution in [-0.4, -0.2) is 29.5 Å². The Balaban J connectivity index is 0.000000115. The van der Waals surface area contributed by atoms with E-state index in [9.17, 15) is 0 Å². The third-order valence-electron chi connectivity index (χ3n) is 19.2. The van der Waals surface area contributed by atoms with Crippen molar-refractivity contribution in [1.29, 1.82) is 0 Å². The van der Waals surface area contributed by atoms with Crippen molar-refractivity contribution in [3.8, 4) is 50.8 Å². The van der Waals surface area contributed by atoms with E-state index >= 15 is 0 Å². The van der Waals surface area contributed by atoms with Gasteiger partial charge in [0, 0.05) is 85.4 Å². The van der Waals surface area contributed by atoms with Gasteiger partial charge in [0.2, 0.25) is 0 Å². The summed E-state index contributed by atoms with van der Waals surface area (Å²) in [5.74, 6) is 2.26. The van der Waals surface area contributed by atoms with Gasteiger partial charge in [0.05, 0.1) is 31.5 Å². The van der Waals surface area contributed by atoms with Crippen molar-refractivity contribution in [1.82, 2.24) is 29.5 Å². The number of benzene rings is 14. The maximum absolute atomic E-state index is 6.50. The Hall–Kier alpha value is -12.3. The van der Waals surface area contributed by atoms with Gasteiger partial charge in [-0.05, 0) is 129 Å². The van der Waals surface area contributed by atoms with Crippen LogP contribution in [-0.2, 0) is 0 Å². The standard InChI is InChI=1S/C44H25N3OS.C22H13ClN2S.C22H13NO.CH4/c1-2-11-26(12-3-1)27-13-10-14-29(23-27)43-45-41-32-17-6-9-20-39(32)49-42(41)44(46-43)47-35-18-7-4-16-31(35)40-33-25-34-30-15-5-8-19-37(30)48-38(34)24-28(33)21-22-36(40)47;23-21-20-19(17-11-4-5-12-18(17)26-20)24-22(25-21)16-10-6-9-15(13-16)14-7-2-1-3-8-14;1-3-7-18-15(6-1)22-16-12-17-14-5-2-4-8-20(14)24-21(17)11-13(16)9-10-19(22)23-18;/h1-25H;1-13H;1-12,23H;1H4. The molecule has 472 valence electrons. The van der Waals surface area contributed by atoms with Crippen molar-refractivity contribution in [2.24, 2.45) is 0 Å². The lowest BCUT2D eigenvalue weighted by Crippen LogP contribution is -2.01. The normalized spacial score (nSPS) is 11.8. The van der Waals surface area contributed by atoms with Crippen molar-refractivity contribution >= 4 is 184 Å². The average Bonchev–Trinajstić information content (AvgIpc) is 1.55. The highest BCUT2D eigenvalue weighted by molar-refractivity contribution is 7.26. The van der Waals surface area contributed by atoms with Crippen LogP contribution in [0.4, 0.5) is 0 Å². The first-order valence-electron chi connectivity index (χ1n) is 32.8. The fraction of sp³-hybridized carbons (Fsp3) is 0.0112. The number of hydrogen-bond donors (Lipinski definition) is 1. The summed E-state index contributed by atoms with van der Waals surface area (Å²) < 4.78 is 19.1. The number of furan rings is 2. The Morgan fingerprint density at radius 2 is 0.780 bits per heavy atom. The van der Waals surface area contributed by atoms with Crippen molar-refractivity contribution in [3.05, 3.63) is 308 Å². The molecule has 0 amide bonds. The van der Waals surface area contributed by atoms with E-state index in [1.54, 1.807) is 22.7 Å². The highest BCUT2D eigenvalue weighted by Gasteiger charge is 2.24. The smallest absolute Gasteiger partial charge is 0.162 e. The molecule has 100 heavy (non-hydrogen) atoms. The summed E-state index contributed by atoms with van der Waals surface area (Å²) in [6.07, 6.45) is 0. The zero-order valence-corrected chi connectivity index (χ0v) is 55.0. The SMILES string of the molecule is C.Clc1nc(-c2cccc(-c3ccccc3)c2)nc2c1sc1ccccc12.c1ccc(-c2cccc(-c3nc(-n4c5ccccc5c5c6cc7c(cc6ccc54)oc4ccccc47)c4sc5ccccc5c4n3)c2)cc1.c1ccc2c(c1)[nH]c1ccc3cc4oc5ccccc5c4cc3c12. The number of thiophene rings is 2. The number of H-pyrrole nitrogens is 1. The summed E-state index contributed by atoms with van der Waals surface area (Å²) in [5.41, 5.74) is 16.7. The fourth-order valence-corrected chi connectivity index (χ4v) is 17.0. The Labute approximate surface area is 584 Å². The molecule has 0 aliphatic heterocycles. The first-order chi connectivity index (χ1) is 49.0. The molecule has 14 aromatic carbocycles. The van der Waals surface area contributed by atoms with Gasteiger partial charge in [-0.3, -0.25) is 4.57 Å². The van der Waals surface area contributed by atoms with E-state index in [1.165, 1.54) is 80.0 Å². The molecule has 11 heteroatoms. The lowest BCUT2D eigenvalue weighted by molar-refractivity contribution is 0.669. The summed E-state index contributed by atoms with van der Waals surface area (Å²) >= 11 is 9.89. The van der Waals surface area contributed by atoms with Crippen molar-refractivity contribution in [2.45, 2.75) is 7.43 Å². The minimum atomic E-state index is 0. The zero-order valence-electron chi connectivity index (χ0n) is 52.6. The maximum Gasteiger partial charge on any atom is 0.162 e. The van der Waals surface area contributed by atoms with Crippen LogP contribution in [0, 0.1) is 0 Å². The molecule has 0 aliphatic rings. The number of hydrogen-bond acceptors (Lipinski definition) is 8. The van der Waals surface area contributed by atoms with Gasteiger partial charge in [-0.15, -0.1) is 22.7 Å². The van der Waals surface area contributed by atoms with Gasteiger partial charge in [0.15, 0.2) is 22.6 Å². The van der Waals surface area contributed by atoms with E-state index in [4.69, 9.17) is 35.4 Å². The summed E-state index contributed by atoms with van der Waals surface area (Å²) in [6, 6.07) is 106. The topological polar surface area (TPSA) is 98.6 Å². The second-order valence-electron chi connectivity index (χ2n) is 25.0. The molecule has 22 rings (SSSR count). The monoisotopic (exact) mass is 1340 g/mol. The third kappa shape index (κ3) is 9.70. The number of para-hydroxylation sites is 4. The van der Waals surface area contributed by atoms with Gasteiger partial charge < -0.3 is 13.8 Å². The minimum Gasteiger partial charge on any atom is -0.456 e. The van der Waals surface area contributed by atoms with Gasteiger partial charge >= 0.3 is 0 Å². The molecule has 0 bridgehead atoms. The number of halogens is 1. The first kappa shape index (κ1) is 59.0. The van der Waals surface area contributed by atoms with Gasteiger partial charge in [0.25, 0.3) is 0 Å². The highest BCUT2D eigenvalue weighted by atomic mass is 35.5. The molecule has 0 saturated heterocycles. The predicted octanol–water partition coefficient (Wildman–Crippen LogP) is 26.2. The van der Waals surface area contributed by atoms with E-state index in [0.29, 0.717) is 16.8 Å². The van der Waals surface area contributed by atoms with Crippen molar-refractivity contribution < 1.29 is 8.83 Å². The molecule has 0 fully saturated rings. The predicted molar refractivity (Wildman–Crippen MR) is 423 cm³/mol. The Bertz CT molecular complexity index is 7020. The zero-order chi connectivity index (χ0) is 65.2. The third-order valence-corrected chi connectivity index (χ3v) is 21.9. The second-order valence-corrected chi connectivity index (χ2v) is 27.4. The van der Waals surface area contributed by atoms with Crippen LogP contribution in [0.15, 0.2) is 312 Å². The van der Waals surface area contributed by atoms with Crippen LogP contribution in [0.2, 0.25) is 5.15 Å². The highest BCUT2D eigenvalue weighted by Crippen LogP contribution is 2.45. The van der Waals surface area contributed by atoms with Crippen molar-refractivity contribution in [2.75, 3.05) is 0 Å². The number of nitrogens with one attached hydrogen (secondary N) is 1. The Morgan fingerprint density at radius 1 is 0.310 bits per heavy atom. The molecule has 0 saturated carbocycles. The molecular formula is C89H55ClN6O2S2. The first-order valence-corrected chi connectivity index (χ1v) is 34.9. The van der Waals surface area contributed by atoms with Crippen LogP contribution in [0.25, 0.3) is 200 Å². The largest absolute Gasteiger partial charge is 0.456 e. The number of rotatable bonds is 5. The van der Waals surface area contributed by atoms with Gasteiger partial charge in [0.1, 0.15) is 22.3 Å². The molecule has 1 N–H and O–H groups in total. The maximum atomic E-state index is 6.50. The van der Waals surface area contributed by atoms with Crippen molar-refractivity contribution in [3.63, 3.8) is 0 Å². The van der Waals surface area contributed by atoms with Gasteiger partial charge in [-0.2, -0.15) is 0 Å². The Morgan fingerprint density at radius 3 is 1.40 bits per heavy atom. The van der Waals surface area contributed by atoms with Crippen LogP contribution in [0.3, 0.4) is 0 Å². The van der Waals surface area contributed by atoms with E-state index < -0.39 is 0 Å². The molecule has 0 radical (unpaired) electrons. The second kappa shape index (κ2) is 23.8. The molecule has 22 aromatic rings. The molecule has 8 aromatic heterocycles. The molecule has 0 atom stereocenters. The van der Waals surface area contributed by atoms with E-state index in [0.717, 1.165) is 109 Å². The minimum absolute atomic E-state index is 0. The quantitative estimate of drug-likeness (QED) is 0.172. The molecule has 8 nitrogen and oxygen atoms in total. The summed E-state index contributed by atoms with van der Waals surface area (Å²) in [6.45, 7) is 0. The summed E-state index contributed by atoms with van der Waals surface area (Å²) in [4.78, 5) is 23.7. The van der Waals surface area contributed by atoms with Crippen LogP contribution >= 0.6 is 34.3 Å². The Kier molecular flexibility index (Phi) is 14.0. The fourth-order valence-electron chi connectivity index (χ4n) is 14.6. The van der Waals surface area contributed by atoms with E-state index in [2.05, 4.69) is 245 Å². The number of nitrogens with zero attached hydrogens (tertiary/aromatic N) is 5. The molecule has 0 spiro atoms. The molecule has 0 unspecified atom stereocenters. The molecule has 8 heterocycles. The average molecular weight is 1340 g/mol. The van der Waals surface area contributed by atoms with E-state index in [1.807, 2.05) is 72.8 Å². The van der Waals surface area contributed by atoms with Crippen LogP contribution in [0.5, 0.6) is 0 Å².